The first-order valence-corrected chi connectivity index (χ1v) is 8.15. The van der Waals surface area contributed by atoms with Gasteiger partial charge in [0.2, 0.25) is 5.91 Å². The van der Waals surface area contributed by atoms with Crippen molar-refractivity contribution in [2.24, 2.45) is 0 Å². The number of amides is 1. The molecule has 1 aromatic carbocycles. The highest BCUT2D eigenvalue weighted by Gasteiger charge is 2.40. The number of benzene rings is 1. The lowest BCUT2D eigenvalue weighted by Crippen LogP contribution is -2.56. The minimum absolute atomic E-state index is 0.0571. The minimum atomic E-state index is -0.628. The second-order valence-corrected chi connectivity index (χ2v) is 6.54. The highest BCUT2D eigenvalue weighted by Crippen LogP contribution is 2.27. The number of carbonyl (C=O) groups is 2. The van der Waals surface area contributed by atoms with Gasteiger partial charge in [-0.2, -0.15) is 0 Å². The zero-order chi connectivity index (χ0) is 18.6. The molecule has 1 amide bonds. The molecule has 0 saturated carbocycles. The first kappa shape index (κ1) is 19.0. The Hall–Kier alpha value is -2.34. The summed E-state index contributed by atoms with van der Waals surface area (Å²) in [5, 5.41) is 0. The van der Waals surface area contributed by atoms with Gasteiger partial charge in [-0.3, -0.25) is 9.59 Å². The van der Waals surface area contributed by atoms with E-state index in [-0.39, 0.29) is 12.3 Å². The van der Waals surface area contributed by atoms with Gasteiger partial charge in [-0.25, -0.2) is 0 Å². The van der Waals surface area contributed by atoms with Gasteiger partial charge in [0.15, 0.2) is 6.23 Å². The molecule has 1 atom stereocenters. The fraction of sp³-hybridized carbons (Fsp3) is 0.474. The van der Waals surface area contributed by atoms with Crippen molar-refractivity contribution in [1.29, 1.82) is 0 Å². The summed E-state index contributed by atoms with van der Waals surface area (Å²) in [6, 6.07) is 7.63. The lowest BCUT2D eigenvalue weighted by Gasteiger charge is -2.41. The van der Waals surface area contributed by atoms with E-state index in [0.717, 1.165) is 16.9 Å². The van der Waals surface area contributed by atoms with E-state index in [4.69, 9.17) is 14.2 Å². The first-order chi connectivity index (χ1) is 11.7. The van der Waals surface area contributed by atoms with Crippen LogP contribution in [0.4, 0.5) is 0 Å². The van der Waals surface area contributed by atoms with Gasteiger partial charge in [0.25, 0.3) is 0 Å². The van der Waals surface area contributed by atoms with E-state index >= 15 is 0 Å². The molecule has 25 heavy (non-hydrogen) atoms. The van der Waals surface area contributed by atoms with Gasteiger partial charge in [-0.15, -0.1) is 0 Å². The van der Waals surface area contributed by atoms with Gasteiger partial charge >= 0.3 is 5.97 Å². The SMILES string of the molecule is C=C(CN1C(=O)CC1OC(C)=O)C(C)(C)OCc1ccc(OC)cc1. The highest BCUT2D eigenvalue weighted by atomic mass is 16.6. The number of rotatable bonds is 8. The van der Waals surface area contributed by atoms with Crippen LogP contribution in [0.1, 0.15) is 32.8 Å². The molecule has 1 saturated heterocycles. The Morgan fingerprint density at radius 3 is 2.48 bits per heavy atom. The van der Waals surface area contributed by atoms with E-state index in [1.807, 2.05) is 38.1 Å². The highest BCUT2D eigenvalue weighted by molar-refractivity contribution is 5.83. The molecule has 1 aliphatic rings. The molecule has 1 heterocycles. The molecule has 0 aliphatic carbocycles. The molecular weight excluding hydrogens is 322 g/mol. The van der Waals surface area contributed by atoms with Crippen molar-refractivity contribution in [1.82, 2.24) is 4.90 Å². The second-order valence-electron chi connectivity index (χ2n) is 6.54. The summed E-state index contributed by atoms with van der Waals surface area (Å²) in [7, 11) is 1.62. The molecule has 0 spiro atoms. The van der Waals surface area contributed by atoms with Crippen molar-refractivity contribution in [3.05, 3.63) is 42.0 Å². The number of esters is 1. The number of nitrogens with zero attached hydrogens (tertiary/aromatic N) is 1. The van der Waals surface area contributed by atoms with Crippen LogP contribution in [-0.4, -0.2) is 42.3 Å². The Balaban J connectivity index is 1.90. The molecule has 0 radical (unpaired) electrons. The topological polar surface area (TPSA) is 65.1 Å². The second kappa shape index (κ2) is 7.70. The maximum absolute atomic E-state index is 11.8. The zero-order valence-electron chi connectivity index (χ0n) is 15.2. The molecule has 1 aliphatic heterocycles. The van der Waals surface area contributed by atoms with Crippen molar-refractivity contribution in [2.75, 3.05) is 13.7 Å². The molecule has 136 valence electrons. The standard InChI is InChI=1S/C19H25NO5/c1-13(11-20-17(22)10-18(20)25-14(2)21)19(3,4)24-12-15-6-8-16(23-5)9-7-15/h6-9,18H,1,10-12H2,2-5H3. The van der Waals surface area contributed by atoms with Crippen molar-refractivity contribution in [3.8, 4) is 5.75 Å². The van der Waals surface area contributed by atoms with Crippen molar-refractivity contribution in [2.45, 2.75) is 45.6 Å². The van der Waals surface area contributed by atoms with Gasteiger partial charge < -0.3 is 19.1 Å². The van der Waals surface area contributed by atoms with E-state index in [1.165, 1.54) is 11.8 Å². The summed E-state index contributed by atoms with van der Waals surface area (Å²) in [4.78, 5) is 24.3. The maximum atomic E-state index is 11.8. The number of likely N-dealkylation sites (tertiary alicyclic amines) is 1. The molecule has 0 N–H and O–H groups in total. The van der Waals surface area contributed by atoms with Crippen LogP contribution in [0.5, 0.6) is 5.75 Å². The third kappa shape index (κ3) is 4.82. The smallest absolute Gasteiger partial charge is 0.304 e. The van der Waals surface area contributed by atoms with Crippen molar-refractivity contribution < 1.29 is 23.8 Å². The molecule has 1 fully saturated rings. The van der Waals surface area contributed by atoms with Crippen LogP contribution in [0.15, 0.2) is 36.4 Å². The summed E-state index contributed by atoms with van der Waals surface area (Å²) in [6.07, 6.45) is -0.279. The summed E-state index contributed by atoms with van der Waals surface area (Å²) >= 11 is 0. The molecule has 1 aromatic rings. The quantitative estimate of drug-likeness (QED) is 0.411. The number of ether oxygens (including phenoxy) is 3. The molecule has 0 aromatic heterocycles. The minimum Gasteiger partial charge on any atom is -0.497 e. The average Bonchev–Trinajstić information content (AvgIpc) is 2.57. The molecule has 6 heteroatoms. The summed E-state index contributed by atoms with van der Waals surface area (Å²) in [5.74, 6) is 0.335. The predicted octanol–water partition coefficient (Wildman–Crippen LogP) is 2.67. The molecule has 0 bridgehead atoms. The first-order valence-electron chi connectivity index (χ1n) is 8.15. The molecule has 1 unspecified atom stereocenters. The van der Waals surface area contributed by atoms with Gasteiger partial charge in [0.05, 0.1) is 25.7 Å². The average molecular weight is 347 g/mol. The normalized spacial score (nSPS) is 17.0. The monoisotopic (exact) mass is 347 g/mol. The number of hydrogen-bond acceptors (Lipinski definition) is 5. The number of methoxy groups -OCH3 is 1. The molecule has 2 rings (SSSR count). The third-order valence-electron chi connectivity index (χ3n) is 4.29. The van der Waals surface area contributed by atoms with Gasteiger partial charge in [-0.05, 0) is 37.1 Å². The fourth-order valence-corrected chi connectivity index (χ4v) is 2.40. The van der Waals surface area contributed by atoms with E-state index in [2.05, 4.69) is 6.58 Å². The Kier molecular flexibility index (Phi) is 5.85. The van der Waals surface area contributed by atoms with E-state index in [0.29, 0.717) is 13.2 Å². The third-order valence-corrected chi connectivity index (χ3v) is 4.29. The largest absolute Gasteiger partial charge is 0.497 e. The Morgan fingerprint density at radius 1 is 1.32 bits per heavy atom. The lowest BCUT2D eigenvalue weighted by molar-refractivity contribution is -0.181. The van der Waals surface area contributed by atoms with Crippen LogP contribution in [0, 0.1) is 0 Å². The number of carbonyl (C=O) groups excluding carboxylic acids is 2. The molecular formula is C19H25NO5. The van der Waals surface area contributed by atoms with E-state index in [1.54, 1.807) is 7.11 Å². The van der Waals surface area contributed by atoms with Crippen molar-refractivity contribution in [3.63, 3.8) is 0 Å². The number of β-lactam (4-membered cyclic amide) rings is 1. The zero-order valence-corrected chi connectivity index (χ0v) is 15.2. The van der Waals surface area contributed by atoms with Crippen LogP contribution in [0.2, 0.25) is 0 Å². The van der Waals surface area contributed by atoms with Gasteiger partial charge in [0.1, 0.15) is 5.75 Å². The Labute approximate surface area is 148 Å². The van der Waals surface area contributed by atoms with E-state index in [9.17, 15) is 9.59 Å². The molecule has 6 nitrogen and oxygen atoms in total. The van der Waals surface area contributed by atoms with Gasteiger partial charge in [-0.1, -0.05) is 18.7 Å². The number of hydrogen-bond donors (Lipinski definition) is 0. The fourth-order valence-electron chi connectivity index (χ4n) is 2.40. The van der Waals surface area contributed by atoms with Crippen LogP contribution in [0.25, 0.3) is 0 Å². The Morgan fingerprint density at radius 2 is 1.96 bits per heavy atom. The van der Waals surface area contributed by atoms with Gasteiger partial charge in [0, 0.05) is 13.5 Å². The predicted molar refractivity (Wildman–Crippen MR) is 92.9 cm³/mol. The summed E-state index contributed by atoms with van der Waals surface area (Å²) in [5.41, 5.74) is 1.13. The maximum Gasteiger partial charge on any atom is 0.304 e. The summed E-state index contributed by atoms with van der Waals surface area (Å²) in [6.45, 7) is 9.91. The van der Waals surface area contributed by atoms with E-state index < -0.39 is 17.8 Å². The van der Waals surface area contributed by atoms with Crippen molar-refractivity contribution >= 4 is 11.9 Å². The van der Waals surface area contributed by atoms with Crippen LogP contribution >= 0.6 is 0 Å². The van der Waals surface area contributed by atoms with Crippen LogP contribution < -0.4 is 4.74 Å². The summed E-state index contributed by atoms with van der Waals surface area (Å²) < 4.78 is 16.2. The lowest BCUT2D eigenvalue weighted by atomic mass is 9.97. The Bertz CT molecular complexity index is 650. The van der Waals surface area contributed by atoms with Crippen LogP contribution in [-0.2, 0) is 25.7 Å². The van der Waals surface area contributed by atoms with Crippen LogP contribution in [0.3, 0.4) is 0 Å².